The predicted molar refractivity (Wildman–Crippen MR) is 104 cm³/mol. The molecule has 0 saturated carbocycles. The molecule has 2 N–H and O–H groups in total. The van der Waals surface area contributed by atoms with Crippen molar-refractivity contribution in [1.29, 1.82) is 0 Å². The highest BCUT2D eigenvalue weighted by Gasteiger charge is 2.44. The molecule has 7 heteroatoms. The van der Waals surface area contributed by atoms with E-state index in [4.69, 9.17) is 22.1 Å². The van der Waals surface area contributed by atoms with Crippen LogP contribution in [0.15, 0.2) is 24.3 Å². The lowest BCUT2D eigenvalue weighted by atomic mass is 9.91. The van der Waals surface area contributed by atoms with E-state index < -0.39 is 0 Å². The van der Waals surface area contributed by atoms with Crippen LogP contribution >= 0.6 is 11.6 Å². The van der Waals surface area contributed by atoms with Crippen LogP contribution in [0, 0.1) is 5.92 Å². The predicted octanol–water partition coefficient (Wildman–Crippen LogP) is 2.22. The average molecular weight is 394 g/mol. The van der Waals surface area contributed by atoms with Gasteiger partial charge in [0.05, 0.1) is 18.1 Å². The minimum absolute atomic E-state index is 0.00155. The van der Waals surface area contributed by atoms with E-state index >= 15 is 0 Å². The standard InChI is InChI=1S/C20H28ClN3O3/c1-23-18(25)13-17(19(23)14-4-2-5-15(21)12-14)20(26)24-9-6-16(7-10-24)27-11-3-8-22/h2,4-5,12,16-17,19H,3,6-11,13,22H2,1H3. The number of benzene rings is 1. The van der Waals surface area contributed by atoms with Crippen LogP contribution < -0.4 is 5.73 Å². The zero-order chi connectivity index (χ0) is 19.4. The second kappa shape index (κ2) is 9.04. The van der Waals surface area contributed by atoms with Gasteiger partial charge in [0.1, 0.15) is 0 Å². The van der Waals surface area contributed by atoms with E-state index in [0.29, 0.717) is 31.3 Å². The monoisotopic (exact) mass is 393 g/mol. The zero-order valence-electron chi connectivity index (χ0n) is 15.8. The molecule has 2 saturated heterocycles. The molecule has 2 heterocycles. The summed E-state index contributed by atoms with van der Waals surface area (Å²) in [5.41, 5.74) is 6.41. The number of rotatable bonds is 6. The van der Waals surface area contributed by atoms with Crippen LogP contribution in [-0.2, 0) is 14.3 Å². The number of carbonyl (C=O) groups is 2. The fourth-order valence-electron chi connectivity index (χ4n) is 4.05. The van der Waals surface area contributed by atoms with Crippen LogP contribution in [0.2, 0.25) is 5.02 Å². The maximum atomic E-state index is 13.2. The van der Waals surface area contributed by atoms with Crippen LogP contribution in [-0.4, -0.2) is 61.0 Å². The van der Waals surface area contributed by atoms with E-state index in [1.807, 2.05) is 23.1 Å². The molecule has 0 radical (unpaired) electrons. The highest BCUT2D eigenvalue weighted by molar-refractivity contribution is 6.30. The second-order valence-electron chi connectivity index (χ2n) is 7.35. The van der Waals surface area contributed by atoms with Gasteiger partial charge < -0.3 is 20.3 Å². The van der Waals surface area contributed by atoms with Gasteiger partial charge in [0.2, 0.25) is 11.8 Å². The Bertz CT molecular complexity index is 676. The van der Waals surface area contributed by atoms with E-state index in [1.54, 1.807) is 18.0 Å². The second-order valence-corrected chi connectivity index (χ2v) is 7.79. The first-order chi connectivity index (χ1) is 13.0. The normalized spacial score (nSPS) is 23.9. The molecule has 0 aliphatic carbocycles. The third kappa shape index (κ3) is 4.62. The Hall–Kier alpha value is -1.63. The van der Waals surface area contributed by atoms with Crippen molar-refractivity contribution in [2.75, 3.05) is 33.3 Å². The molecular weight excluding hydrogens is 366 g/mol. The maximum absolute atomic E-state index is 13.2. The maximum Gasteiger partial charge on any atom is 0.228 e. The van der Waals surface area contributed by atoms with Gasteiger partial charge in [-0.25, -0.2) is 0 Å². The molecule has 0 aromatic heterocycles. The molecule has 2 aliphatic heterocycles. The molecule has 0 bridgehead atoms. The number of hydrogen-bond donors (Lipinski definition) is 1. The molecule has 1 aromatic carbocycles. The summed E-state index contributed by atoms with van der Waals surface area (Å²) in [4.78, 5) is 29.1. The van der Waals surface area contributed by atoms with Crippen molar-refractivity contribution < 1.29 is 14.3 Å². The summed E-state index contributed by atoms with van der Waals surface area (Å²) in [5, 5.41) is 0.613. The molecule has 27 heavy (non-hydrogen) atoms. The van der Waals surface area contributed by atoms with Gasteiger partial charge in [-0.15, -0.1) is 0 Å². The Morgan fingerprint density at radius 2 is 2.07 bits per heavy atom. The quantitative estimate of drug-likeness (QED) is 0.752. The molecule has 148 valence electrons. The lowest BCUT2D eigenvalue weighted by Gasteiger charge is -2.35. The van der Waals surface area contributed by atoms with Gasteiger partial charge in [-0.05, 0) is 43.5 Å². The highest BCUT2D eigenvalue weighted by Crippen LogP contribution is 2.39. The summed E-state index contributed by atoms with van der Waals surface area (Å²) in [6, 6.07) is 7.18. The Kier molecular flexibility index (Phi) is 6.73. The fraction of sp³-hybridized carbons (Fsp3) is 0.600. The van der Waals surface area contributed by atoms with Crippen LogP contribution in [0.3, 0.4) is 0 Å². The van der Waals surface area contributed by atoms with Gasteiger partial charge in [-0.2, -0.15) is 0 Å². The number of nitrogens with zero attached hydrogens (tertiary/aromatic N) is 2. The smallest absolute Gasteiger partial charge is 0.228 e. The number of ether oxygens (including phenoxy) is 1. The van der Waals surface area contributed by atoms with Crippen LogP contribution in [0.4, 0.5) is 0 Å². The van der Waals surface area contributed by atoms with Crippen molar-refractivity contribution in [3.05, 3.63) is 34.9 Å². The van der Waals surface area contributed by atoms with Crippen molar-refractivity contribution in [1.82, 2.24) is 9.80 Å². The number of likely N-dealkylation sites (tertiary alicyclic amines) is 2. The van der Waals surface area contributed by atoms with Gasteiger partial charge in [0.15, 0.2) is 0 Å². The summed E-state index contributed by atoms with van der Waals surface area (Å²) >= 11 is 6.13. The Morgan fingerprint density at radius 1 is 1.33 bits per heavy atom. The minimum atomic E-state index is -0.365. The molecule has 6 nitrogen and oxygen atoms in total. The Labute approximate surface area is 165 Å². The van der Waals surface area contributed by atoms with Gasteiger partial charge in [0, 0.05) is 38.2 Å². The van der Waals surface area contributed by atoms with Crippen LogP contribution in [0.25, 0.3) is 0 Å². The molecule has 2 amide bonds. The molecule has 3 rings (SSSR count). The largest absolute Gasteiger partial charge is 0.378 e. The number of hydrogen-bond acceptors (Lipinski definition) is 4. The summed E-state index contributed by atoms with van der Waals surface area (Å²) < 4.78 is 5.82. The highest BCUT2D eigenvalue weighted by atomic mass is 35.5. The van der Waals surface area contributed by atoms with Crippen molar-refractivity contribution in [3.63, 3.8) is 0 Å². The van der Waals surface area contributed by atoms with Gasteiger partial charge in [0.25, 0.3) is 0 Å². The Balaban J connectivity index is 1.65. The van der Waals surface area contributed by atoms with E-state index in [1.165, 1.54) is 0 Å². The average Bonchev–Trinajstić information content (AvgIpc) is 2.97. The fourth-order valence-corrected chi connectivity index (χ4v) is 4.25. The first-order valence-electron chi connectivity index (χ1n) is 9.63. The lowest BCUT2D eigenvalue weighted by Crippen LogP contribution is -2.44. The van der Waals surface area contributed by atoms with Crippen molar-refractivity contribution >= 4 is 23.4 Å². The number of halogens is 1. The van der Waals surface area contributed by atoms with E-state index in [-0.39, 0.29) is 36.3 Å². The number of carbonyl (C=O) groups excluding carboxylic acids is 2. The first kappa shape index (κ1) is 20.1. The topological polar surface area (TPSA) is 75.9 Å². The minimum Gasteiger partial charge on any atom is -0.378 e. The lowest BCUT2D eigenvalue weighted by molar-refractivity contribution is -0.139. The SMILES string of the molecule is CN1C(=O)CC(C(=O)N2CCC(OCCCN)CC2)C1c1cccc(Cl)c1. The third-order valence-electron chi connectivity index (χ3n) is 5.55. The van der Waals surface area contributed by atoms with Gasteiger partial charge in [-0.1, -0.05) is 23.7 Å². The van der Waals surface area contributed by atoms with Crippen LogP contribution in [0.5, 0.6) is 0 Å². The molecule has 2 aliphatic rings. The van der Waals surface area contributed by atoms with E-state index in [2.05, 4.69) is 0 Å². The number of nitrogens with two attached hydrogens (primary N) is 1. The zero-order valence-corrected chi connectivity index (χ0v) is 16.5. The molecule has 2 atom stereocenters. The summed E-state index contributed by atoms with van der Waals surface area (Å²) in [6.07, 6.45) is 2.96. The summed E-state index contributed by atoms with van der Waals surface area (Å²) in [7, 11) is 1.76. The number of piperidine rings is 1. The van der Waals surface area contributed by atoms with Crippen molar-refractivity contribution in [2.24, 2.45) is 11.7 Å². The van der Waals surface area contributed by atoms with Crippen LogP contribution in [0.1, 0.15) is 37.3 Å². The van der Waals surface area contributed by atoms with Gasteiger partial charge >= 0.3 is 0 Å². The molecular formula is C20H28ClN3O3. The molecule has 0 spiro atoms. The molecule has 2 unspecified atom stereocenters. The Morgan fingerprint density at radius 3 is 2.74 bits per heavy atom. The first-order valence-corrected chi connectivity index (χ1v) is 10.0. The summed E-state index contributed by atoms with van der Waals surface area (Å²) in [5.74, 6) is -0.313. The van der Waals surface area contributed by atoms with Crippen molar-refractivity contribution in [2.45, 2.75) is 37.8 Å². The molecule has 2 fully saturated rings. The number of amides is 2. The summed E-state index contributed by atoms with van der Waals surface area (Å²) in [6.45, 7) is 2.64. The third-order valence-corrected chi connectivity index (χ3v) is 5.78. The van der Waals surface area contributed by atoms with Gasteiger partial charge in [-0.3, -0.25) is 9.59 Å². The van der Waals surface area contributed by atoms with E-state index in [9.17, 15) is 9.59 Å². The van der Waals surface area contributed by atoms with E-state index in [0.717, 1.165) is 24.8 Å². The molecule has 1 aromatic rings. The van der Waals surface area contributed by atoms with Crippen molar-refractivity contribution in [3.8, 4) is 0 Å².